The lowest BCUT2D eigenvalue weighted by atomic mass is 10.2. The molecule has 2 heterocycles. The fourth-order valence-corrected chi connectivity index (χ4v) is 1.99. The third-order valence-electron chi connectivity index (χ3n) is 2.57. The smallest absolute Gasteiger partial charge is 0.146 e. The Kier molecular flexibility index (Phi) is 3.25. The summed E-state index contributed by atoms with van der Waals surface area (Å²) in [6, 6.07) is 0.469. The molecule has 84 valence electrons. The molecule has 1 fully saturated rings. The number of nitrogens with one attached hydrogen (secondary N) is 1. The molecule has 2 aliphatic heterocycles. The molecule has 0 aliphatic carbocycles. The topological polar surface area (TPSA) is 56.9 Å². The van der Waals surface area contributed by atoms with Crippen LogP contribution in [0.4, 0.5) is 0 Å². The van der Waals surface area contributed by atoms with Gasteiger partial charge in [0.05, 0.1) is 6.20 Å². The molecule has 0 saturated carbocycles. The van der Waals surface area contributed by atoms with Gasteiger partial charge in [0.1, 0.15) is 11.3 Å². The molecule has 5 nitrogen and oxygen atoms in total. The summed E-state index contributed by atoms with van der Waals surface area (Å²) in [4.78, 5) is 3.97. The average molecular weight is 230 g/mol. The molecule has 0 amide bonds. The largest absolute Gasteiger partial charge is 0.312 e. The monoisotopic (exact) mass is 229 g/mol. The summed E-state index contributed by atoms with van der Waals surface area (Å²) in [5.74, 6) is 0. The second-order valence-corrected chi connectivity index (χ2v) is 4.26. The Bertz CT molecular complexity index is 290. The standard InChI is InChI=1S/C9H16ClN5/c1-7-5-14(3-2-12-7)15-6-8(10)13-4-9(15)11/h4,6-7,9,12H,2-3,5,11H2,1H3/t7?,9-/m0/s1. The second kappa shape index (κ2) is 4.49. The minimum atomic E-state index is -0.210. The second-order valence-electron chi connectivity index (χ2n) is 3.87. The fourth-order valence-electron chi connectivity index (χ4n) is 1.84. The fraction of sp³-hybridized carbons (Fsp3) is 0.667. The van der Waals surface area contributed by atoms with Gasteiger partial charge in [0, 0.05) is 31.9 Å². The van der Waals surface area contributed by atoms with Gasteiger partial charge in [-0.2, -0.15) is 0 Å². The molecule has 3 N–H and O–H groups in total. The Morgan fingerprint density at radius 1 is 1.67 bits per heavy atom. The molecule has 6 heteroatoms. The van der Waals surface area contributed by atoms with Crippen molar-refractivity contribution in [3.05, 3.63) is 11.4 Å². The lowest BCUT2D eigenvalue weighted by Crippen LogP contribution is -2.59. The van der Waals surface area contributed by atoms with Gasteiger partial charge in [0.2, 0.25) is 0 Å². The van der Waals surface area contributed by atoms with E-state index >= 15 is 0 Å². The van der Waals surface area contributed by atoms with Gasteiger partial charge in [-0.3, -0.25) is 5.01 Å². The SMILES string of the molecule is CC1CN(N2C=C(Cl)N=C[C@H]2N)CCN1. The molecule has 0 aromatic rings. The van der Waals surface area contributed by atoms with E-state index in [9.17, 15) is 0 Å². The Balaban J connectivity index is 2.06. The van der Waals surface area contributed by atoms with E-state index in [1.807, 2.05) is 5.01 Å². The quantitative estimate of drug-likeness (QED) is 0.617. The van der Waals surface area contributed by atoms with Gasteiger partial charge in [-0.05, 0) is 6.92 Å². The maximum atomic E-state index is 5.93. The van der Waals surface area contributed by atoms with Crippen molar-refractivity contribution in [3.63, 3.8) is 0 Å². The first-order chi connectivity index (χ1) is 7.16. The van der Waals surface area contributed by atoms with Gasteiger partial charge in [-0.1, -0.05) is 11.6 Å². The maximum Gasteiger partial charge on any atom is 0.146 e. The van der Waals surface area contributed by atoms with Crippen molar-refractivity contribution >= 4 is 17.8 Å². The summed E-state index contributed by atoms with van der Waals surface area (Å²) in [5, 5.41) is 8.00. The van der Waals surface area contributed by atoms with Gasteiger partial charge in [-0.25, -0.2) is 10.0 Å². The zero-order valence-corrected chi connectivity index (χ0v) is 9.48. The van der Waals surface area contributed by atoms with E-state index in [-0.39, 0.29) is 6.17 Å². The summed E-state index contributed by atoms with van der Waals surface area (Å²) < 4.78 is 0. The highest BCUT2D eigenvalue weighted by atomic mass is 35.5. The van der Waals surface area contributed by atoms with Crippen LogP contribution in [0, 0.1) is 0 Å². The van der Waals surface area contributed by atoms with Gasteiger partial charge in [0.25, 0.3) is 0 Å². The number of nitrogens with two attached hydrogens (primary N) is 1. The number of aliphatic imine (C=N–C) groups is 1. The number of hydrazine groups is 1. The van der Waals surface area contributed by atoms with Crippen LogP contribution in [0.3, 0.4) is 0 Å². The van der Waals surface area contributed by atoms with Gasteiger partial charge in [0.15, 0.2) is 0 Å². The van der Waals surface area contributed by atoms with Crippen molar-refractivity contribution in [1.82, 2.24) is 15.3 Å². The third kappa shape index (κ3) is 2.49. The normalized spacial score (nSPS) is 33.0. The van der Waals surface area contributed by atoms with E-state index in [2.05, 4.69) is 22.2 Å². The predicted molar refractivity (Wildman–Crippen MR) is 61.3 cm³/mol. The lowest BCUT2D eigenvalue weighted by Gasteiger charge is -2.42. The molecule has 1 saturated heterocycles. The Morgan fingerprint density at radius 3 is 3.20 bits per heavy atom. The van der Waals surface area contributed by atoms with Crippen molar-refractivity contribution in [3.8, 4) is 0 Å². The summed E-state index contributed by atoms with van der Waals surface area (Å²) in [6.07, 6.45) is 3.23. The number of piperazine rings is 1. The zero-order valence-electron chi connectivity index (χ0n) is 8.73. The predicted octanol–water partition coefficient (Wildman–Crippen LogP) is -0.0960. The molecule has 15 heavy (non-hydrogen) atoms. The number of hydrogen-bond donors (Lipinski definition) is 2. The van der Waals surface area contributed by atoms with E-state index in [0.717, 1.165) is 19.6 Å². The Morgan fingerprint density at radius 2 is 2.47 bits per heavy atom. The first kappa shape index (κ1) is 10.9. The molecular formula is C9H16ClN5. The first-order valence-corrected chi connectivity index (χ1v) is 5.48. The molecule has 0 bridgehead atoms. The van der Waals surface area contributed by atoms with Crippen LogP contribution in [0.5, 0.6) is 0 Å². The molecule has 0 aromatic heterocycles. The summed E-state index contributed by atoms with van der Waals surface area (Å²) >= 11 is 5.86. The molecule has 0 aromatic carbocycles. The van der Waals surface area contributed by atoms with E-state index in [0.29, 0.717) is 11.2 Å². The average Bonchev–Trinajstić information content (AvgIpc) is 2.22. The highest BCUT2D eigenvalue weighted by Gasteiger charge is 2.24. The number of nitrogens with zero attached hydrogens (tertiary/aromatic N) is 3. The van der Waals surface area contributed by atoms with Gasteiger partial charge >= 0.3 is 0 Å². The van der Waals surface area contributed by atoms with E-state index in [4.69, 9.17) is 17.3 Å². The molecule has 0 radical (unpaired) electrons. The van der Waals surface area contributed by atoms with Crippen molar-refractivity contribution in [2.24, 2.45) is 10.7 Å². The minimum Gasteiger partial charge on any atom is -0.312 e. The highest BCUT2D eigenvalue weighted by molar-refractivity contribution is 6.29. The minimum absolute atomic E-state index is 0.210. The summed E-state index contributed by atoms with van der Waals surface area (Å²) in [5.41, 5.74) is 5.93. The molecule has 2 atom stereocenters. The van der Waals surface area contributed by atoms with Gasteiger partial charge < -0.3 is 11.1 Å². The first-order valence-electron chi connectivity index (χ1n) is 5.10. The van der Waals surface area contributed by atoms with E-state index < -0.39 is 0 Å². The highest BCUT2D eigenvalue weighted by Crippen LogP contribution is 2.15. The maximum absolute atomic E-state index is 5.93. The molecule has 2 aliphatic rings. The molecular weight excluding hydrogens is 214 g/mol. The van der Waals surface area contributed by atoms with Crippen LogP contribution in [0.1, 0.15) is 6.92 Å². The lowest BCUT2D eigenvalue weighted by molar-refractivity contribution is -0.0156. The van der Waals surface area contributed by atoms with Crippen molar-refractivity contribution in [2.75, 3.05) is 19.6 Å². The molecule has 0 spiro atoms. The van der Waals surface area contributed by atoms with Gasteiger partial charge in [-0.15, -0.1) is 0 Å². The molecule has 2 rings (SSSR count). The van der Waals surface area contributed by atoms with Crippen LogP contribution < -0.4 is 11.1 Å². The van der Waals surface area contributed by atoms with Crippen molar-refractivity contribution in [2.45, 2.75) is 19.1 Å². The number of rotatable bonds is 1. The molecule has 1 unspecified atom stereocenters. The number of hydrogen-bond acceptors (Lipinski definition) is 5. The van der Waals surface area contributed by atoms with Crippen LogP contribution in [0.15, 0.2) is 16.3 Å². The number of halogens is 1. The van der Waals surface area contributed by atoms with E-state index in [1.54, 1.807) is 12.4 Å². The van der Waals surface area contributed by atoms with Crippen molar-refractivity contribution < 1.29 is 0 Å². The Hall–Kier alpha value is -0.620. The van der Waals surface area contributed by atoms with Crippen LogP contribution in [-0.2, 0) is 0 Å². The van der Waals surface area contributed by atoms with Crippen LogP contribution in [0.25, 0.3) is 0 Å². The third-order valence-corrected chi connectivity index (χ3v) is 2.76. The zero-order chi connectivity index (χ0) is 10.8. The van der Waals surface area contributed by atoms with E-state index in [1.165, 1.54) is 0 Å². The summed E-state index contributed by atoms with van der Waals surface area (Å²) in [6.45, 7) is 4.99. The van der Waals surface area contributed by atoms with Crippen LogP contribution in [-0.4, -0.2) is 48.1 Å². The van der Waals surface area contributed by atoms with Crippen LogP contribution in [0.2, 0.25) is 0 Å². The summed E-state index contributed by atoms with van der Waals surface area (Å²) in [7, 11) is 0. The van der Waals surface area contributed by atoms with Crippen LogP contribution >= 0.6 is 11.6 Å². The Labute approximate surface area is 94.5 Å². The van der Waals surface area contributed by atoms with Crippen molar-refractivity contribution in [1.29, 1.82) is 0 Å².